The van der Waals surface area contributed by atoms with E-state index in [2.05, 4.69) is 45.3 Å². The summed E-state index contributed by atoms with van der Waals surface area (Å²) in [5.74, 6) is 2.45. The molecule has 4 atom stereocenters. The Morgan fingerprint density at radius 3 is 2.69 bits per heavy atom. The van der Waals surface area contributed by atoms with Gasteiger partial charge < -0.3 is 9.42 Å². The van der Waals surface area contributed by atoms with Gasteiger partial charge in [-0.15, -0.1) is 0 Å². The minimum atomic E-state index is 0.318. The van der Waals surface area contributed by atoms with Crippen molar-refractivity contribution in [1.82, 2.24) is 15.0 Å². The normalized spacial score (nSPS) is 29.7. The molecule has 3 saturated heterocycles. The highest BCUT2D eigenvalue weighted by atomic mass is 16.5. The molecule has 0 radical (unpaired) electrons. The number of hydrogen-bond donors (Lipinski definition) is 0. The van der Waals surface area contributed by atoms with E-state index >= 15 is 0 Å². The van der Waals surface area contributed by atoms with Gasteiger partial charge in [-0.25, -0.2) is 0 Å². The fourth-order valence-electron chi connectivity index (χ4n) is 6.07. The number of rotatable bonds is 4. The Hall–Kier alpha value is -2.14. The number of hydrogen-bond acceptors (Lipinski definition) is 4. The summed E-state index contributed by atoms with van der Waals surface area (Å²) in [7, 11) is 0. The van der Waals surface area contributed by atoms with Crippen molar-refractivity contribution in [3.63, 3.8) is 0 Å². The van der Waals surface area contributed by atoms with E-state index < -0.39 is 0 Å². The number of fused-ring (bicyclic) bond motifs is 4. The predicted octanol–water partition coefficient (Wildman–Crippen LogP) is 3.74. The average Bonchev–Trinajstić information content (AvgIpc) is 3.04. The highest BCUT2D eigenvalue weighted by Gasteiger charge is 2.49. The van der Waals surface area contributed by atoms with Crippen LogP contribution in [0.5, 0.6) is 0 Å². The van der Waals surface area contributed by atoms with E-state index in [1.807, 2.05) is 13.8 Å². The number of likely N-dealkylation sites (tertiary alicyclic amines) is 1. The van der Waals surface area contributed by atoms with Crippen LogP contribution in [0.25, 0.3) is 0 Å². The van der Waals surface area contributed by atoms with Gasteiger partial charge >= 0.3 is 0 Å². The molecular weight excluding hydrogens is 362 g/mol. The second-order valence-electron chi connectivity index (χ2n) is 9.27. The van der Waals surface area contributed by atoms with Crippen LogP contribution in [0.15, 0.2) is 34.9 Å². The molecule has 5 heteroatoms. The molecule has 4 heterocycles. The largest absolute Gasteiger partial charge is 0.361 e. The van der Waals surface area contributed by atoms with Gasteiger partial charge in [-0.05, 0) is 56.9 Å². The van der Waals surface area contributed by atoms with Crippen LogP contribution in [0.3, 0.4) is 0 Å². The Morgan fingerprint density at radius 2 is 1.93 bits per heavy atom. The summed E-state index contributed by atoms with van der Waals surface area (Å²) >= 11 is 0. The van der Waals surface area contributed by atoms with Gasteiger partial charge in [0.1, 0.15) is 5.76 Å². The summed E-state index contributed by atoms with van der Waals surface area (Å²) in [6.07, 6.45) is 5.16. The van der Waals surface area contributed by atoms with Gasteiger partial charge in [0, 0.05) is 43.7 Å². The molecule has 0 saturated carbocycles. The van der Waals surface area contributed by atoms with Crippen molar-refractivity contribution in [3.05, 3.63) is 52.9 Å². The molecule has 1 aromatic heterocycles. The maximum Gasteiger partial charge on any atom is 0.223 e. The van der Waals surface area contributed by atoms with Gasteiger partial charge in [0.25, 0.3) is 0 Å². The number of piperidine rings is 3. The molecule has 0 aliphatic carbocycles. The van der Waals surface area contributed by atoms with E-state index in [1.165, 1.54) is 17.5 Å². The fraction of sp³-hybridized carbons (Fsp3) is 0.583. The summed E-state index contributed by atoms with van der Waals surface area (Å²) in [5, 5.41) is 4.15. The number of benzene rings is 1. The average molecular weight is 394 g/mol. The van der Waals surface area contributed by atoms with Crippen molar-refractivity contribution < 1.29 is 9.32 Å². The lowest BCUT2D eigenvalue weighted by molar-refractivity contribution is -0.152. The fourth-order valence-corrected chi connectivity index (χ4v) is 6.07. The molecule has 2 bridgehead atoms. The Morgan fingerprint density at radius 1 is 1.14 bits per heavy atom. The summed E-state index contributed by atoms with van der Waals surface area (Å²) < 4.78 is 5.40. The van der Waals surface area contributed by atoms with Crippen molar-refractivity contribution in [2.24, 2.45) is 11.8 Å². The molecule has 2 aromatic rings. The lowest BCUT2D eigenvalue weighted by Gasteiger charge is -2.57. The zero-order valence-electron chi connectivity index (χ0n) is 17.5. The quantitative estimate of drug-likeness (QED) is 0.794. The summed E-state index contributed by atoms with van der Waals surface area (Å²) in [5.41, 5.74) is 3.59. The Kier molecular flexibility index (Phi) is 4.94. The van der Waals surface area contributed by atoms with E-state index in [9.17, 15) is 4.79 Å². The maximum atomic E-state index is 13.0. The zero-order valence-corrected chi connectivity index (χ0v) is 17.5. The smallest absolute Gasteiger partial charge is 0.223 e. The van der Waals surface area contributed by atoms with Crippen molar-refractivity contribution in [1.29, 1.82) is 0 Å². The first-order valence-corrected chi connectivity index (χ1v) is 11.1. The zero-order chi connectivity index (χ0) is 20.0. The van der Waals surface area contributed by atoms with Gasteiger partial charge in [-0.2, -0.15) is 0 Å². The molecule has 5 rings (SSSR count). The number of carbonyl (C=O) groups is 1. The van der Waals surface area contributed by atoms with E-state index in [0.29, 0.717) is 29.8 Å². The third kappa shape index (κ3) is 3.50. The minimum Gasteiger partial charge on any atom is -0.361 e. The van der Waals surface area contributed by atoms with Crippen LogP contribution < -0.4 is 0 Å². The minimum absolute atomic E-state index is 0.318. The SMILES string of the molecule is Cc1noc(C)c1CN1C[C@H]2C[C@@H](C1)[C@H](Cc1ccccc1)N1C(=O)CCC[C@@H]21. The molecule has 3 aliphatic rings. The highest BCUT2D eigenvalue weighted by molar-refractivity contribution is 5.78. The maximum absolute atomic E-state index is 13.0. The van der Waals surface area contributed by atoms with Crippen LogP contribution in [0.2, 0.25) is 0 Å². The molecule has 1 amide bonds. The standard InChI is InChI=1S/C24H31N3O2/c1-16-21(17(2)29-25-16)15-26-13-19-12-20(14-26)23(11-18-7-4-3-5-8-18)27-22(19)9-6-10-24(27)28/h3-5,7-8,19-20,22-23H,6,9-15H2,1-2H3/t19-,20+,22+,23+/m1/s1. The molecule has 3 fully saturated rings. The number of aromatic nitrogens is 1. The van der Waals surface area contributed by atoms with Crippen molar-refractivity contribution in [3.8, 4) is 0 Å². The number of aryl methyl sites for hydroxylation is 2. The first kappa shape index (κ1) is 18.9. The molecule has 154 valence electrons. The van der Waals surface area contributed by atoms with Crippen LogP contribution in [0, 0.1) is 25.7 Å². The monoisotopic (exact) mass is 393 g/mol. The molecule has 0 N–H and O–H groups in total. The van der Waals surface area contributed by atoms with Crippen LogP contribution in [0.4, 0.5) is 0 Å². The van der Waals surface area contributed by atoms with Gasteiger partial charge in [-0.1, -0.05) is 35.5 Å². The molecule has 3 aliphatic heterocycles. The van der Waals surface area contributed by atoms with E-state index in [-0.39, 0.29) is 0 Å². The van der Waals surface area contributed by atoms with E-state index in [1.54, 1.807) is 0 Å². The predicted molar refractivity (Wildman–Crippen MR) is 111 cm³/mol. The number of nitrogens with zero attached hydrogens (tertiary/aromatic N) is 3. The lowest BCUT2D eigenvalue weighted by atomic mass is 9.70. The van der Waals surface area contributed by atoms with Crippen LogP contribution in [-0.2, 0) is 17.8 Å². The first-order valence-electron chi connectivity index (χ1n) is 11.1. The van der Waals surface area contributed by atoms with Crippen molar-refractivity contribution >= 4 is 5.91 Å². The second-order valence-corrected chi connectivity index (χ2v) is 9.27. The Labute approximate surface area is 173 Å². The highest BCUT2D eigenvalue weighted by Crippen LogP contribution is 2.43. The van der Waals surface area contributed by atoms with E-state index in [4.69, 9.17) is 4.52 Å². The third-order valence-corrected chi connectivity index (χ3v) is 7.42. The topological polar surface area (TPSA) is 49.6 Å². The summed E-state index contributed by atoms with van der Waals surface area (Å²) in [6.45, 7) is 7.09. The van der Waals surface area contributed by atoms with Gasteiger partial charge in [-0.3, -0.25) is 9.69 Å². The summed E-state index contributed by atoms with van der Waals surface area (Å²) in [6, 6.07) is 11.4. The molecule has 1 aromatic carbocycles. The molecule has 5 nitrogen and oxygen atoms in total. The molecule has 0 spiro atoms. The first-order chi connectivity index (χ1) is 14.1. The van der Waals surface area contributed by atoms with Crippen molar-refractivity contribution in [2.75, 3.05) is 13.1 Å². The Bertz CT molecular complexity index is 858. The molecular formula is C24H31N3O2. The second kappa shape index (κ2) is 7.60. The summed E-state index contributed by atoms with van der Waals surface area (Å²) in [4.78, 5) is 17.9. The number of amides is 1. The Balaban J connectivity index is 1.42. The van der Waals surface area contributed by atoms with Crippen LogP contribution in [-0.4, -0.2) is 46.0 Å². The van der Waals surface area contributed by atoms with Gasteiger partial charge in [0.15, 0.2) is 0 Å². The molecule has 0 unspecified atom stereocenters. The molecule has 29 heavy (non-hydrogen) atoms. The number of carbonyl (C=O) groups excluding carboxylic acids is 1. The van der Waals surface area contributed by atoms with Crippen LogP contribution in [0.1, 0.15) is 48.3 Å². The van der Waals surface area contributed by atoms with Gasteiger partial charge in [0.05, 0.1) is 5.69 Å². The van der Waals surface area contributed by atoms with Crippen molar-refractivity contribution in [2.45, 2.75) is 64.6 Å². The third-order valence-electron chi connectivity index (χ3n) is 7.42. The lowest BCUT2D eigenvalue weighted by Crippen LogP contribution is -2.65. The van der Waals surface area contributed by atoms with E-state index in [0.717, 1.165) is 56.8 Å². The van der Waals surface area contributed by atoms with Crippen LogP contribution >= 0.6 is 0 Å². The van der Waals surface area contributed by atoms with Gasteiger partial charge in [0.2, 0.25) is 5.91 Å².